The van der Waals surface area contributed by atoms with E-state index in [1.807, 2.05) is 0 Å². The molecule has 1 amide bonds. The van der Waals surface area contributed by atoms with Gasteiger partial charge in [0.15, 0.2) is 5.78 Å². The van der Waals surface area contributed by atoms with Crippen LogP contribution in [0.3, 0.4) is 0 Å². The Hall–Kier alpha value is -3.08. The minimum Gasteiger partial charge on any atom is -0.374 e. The monoisotopic (exact) mass is 534 g/mol. The van der Waals surface area contributed by atoms with Crippen molar-refractivity contribution in [3.63, 3.8) is 0 Å². The lowest BCUT2D eigenvalue weighted by Crippen LogP contribution is -2.42. The number of rotatable bonds is 7. The lowest BCUT2D eigenvalue weighted by atomic mass is 9.85. The quantitative estimate of drug-likeness (QED) is 0.431. The van der Waals surface area contributed by atoms with E-state index in [1.165, 1.54) is 43.3 Å². The number of halogens is 7. The van der Waals surface area contributed by atoms with E-state index in [-0.39, 0.29) is 27.4 Å². The summed E-state index contributed by atoms with van der Waals surface area (Å²) in [6, 6.07) is 8.17. The molecule has 1 unspecified atom stereocenters. The Labute approximate surface area is 207 Å². The Morgan fingerprint density at radius 2 is 1.78 bits per heavy atom. The fraction of sp³-hybridized carbons (Fsp3) is 0.375. The number of Topliss-reactive ketones (excluding diaryl/α,β-unsaturated/α-hetero) is 1. The van der Waals surface area contributed by atoms with Crippen LogP contribution < -0.4 is 5.32 Å². The molecule has 0 saturated carbocycles. The summed E-state index contributed by atoms with van der Waals surface area (Å²) in [5.74, 6) is -1.49. The largest absolute Gasteiger partial charge is 0.435 e. The molecule has 1 heterocycles. The number of carbonyl (C=O) groups is 2. The normalized spacial score (nSPS) is 18.0. The molecule has 2 aromatic rings. The number of nitrogens with one attached hydrogen (secondary N) is 1. The van der Waals surface area contributed by atoms with Crippen molar-refractivity contribution in [1.29, 1.82) is 0 Å². The molecular weight excluding hydrogens is 514 g/mol. The fourth-order valence-electron chi connectivity index (χ4n) is 3.77. The van der Waals surface area contributed by atoms with Crippen molar-refractivity contribution >= 4 is 29.0 Å². The fourth-order valence-corrected chi connectivity index (χ4v) is 4.06. The van der Waals surface area contributed by atoms with Crippen LogP contribution in [-0.4, -0.2) is 36.3 Å². The van der Waals surface area contributed by atoms with E-state index in [9.17, 15) is 35.9 Å². The minimum absolute atomic E-state index is 0.00217. The van der Waals surface area contributed by atoms with Crippen LogP contribution in [0.4, 0.5) is 26.3 Å². The summed E-state index contributed by atoms with van der Waals surface area (Å²) >= 11 is 5.98. The summed E-state index contributed by atoms with van der Waals surface area (Å²) in [7, 11) is 0. The predicted octanol–water partition coefficient (Wildman–Crippen LogP) is 6.18. The van der Waals surface area contributed by atoms with Crippen LogP contribution in [0, 0.1) is 13.8 Å². The van der Waals surface area contributed by atoms with Gasteiger partial charge in [0.1, 0.15) is 0 Å². The highest BCUT2D eigenvalue weighted by Crippen LogP contribution is 2.49. The molecule has 1 aliphatic rings. The van der Waals surface area contributed by atoms with Crippen molar-refractivity contribution in [3.8, 4) is 0 Å². The average molecular weight is 535 g/mol. The lowest BCUT2D eigenvalue weighted by molar-refractivity contribution is -0.275. The number of oxime groups is 1. The SMILES string of the molecule is Cc1cc(Cl)cc(C2(C(F)(F)F)CC(c3ccc(C(=O)NCC(=O)CCC(F)(F)F)c(C)c3)=NO2)c1. The predicted molar refractivity (Wildman–Crippen MR) is 120 cm³/mol. The molecule has 0 bridgehead atoms. The molecule has 194 valence electrons. The van der Waals surface area contributed by atoms with Crippen molar-refractivity contribution in [2.45, 2.75) is 51.1 Å². The Balaban J connectivity index is 1.75. The molecular formula is C24H21ClF6N2O3. The summed E-state index contributed by atoms with van der Waals surface area (Å²) < 4.78 is 79.2. The van der Waals surface area contributed by atoms with Gasteiger partial charge in [-0.2, -0.15) is 26.3 Å². The zero-order chi connectivity index (χ0) is 26.9. The Kier molecular flexibility index (Phi) is 7.73. The molecule has 1 N–H and O–H groups in total. The second-order valence-electron chi connectivity index (χ2n) is 8.51. The third kappa shape index (κ3) is 6.18. The maximum absolute atomic E-state index is 14.2. The van der Waals surface area contributed by atoms with E-state index in [0.29, 0.717) is 11.1 Å². The molecule has 3 rings (SSSR count). The topological polar surface area (TPSA) is 67.8 Å². The molecule has 36 heavy (non-hydrogen) atoms. The van der Waals surface area contributed by atoms with Crippen LogP contribution >= 0.6 is 11.6 Å². The molecule has 0 aliphatic carbocycles. The summed E-state index contributed by atoms with van der Waals surface area (Å²) in [5, 5.41) is 6.07. The number of nitrogens with zero attached hydrogens (tertiary/aromatic N) is 1. The van der Waals surface area contributed by atoms with Gasteiger partial charge in [-0.3, -0.25) is 9.59 Å². The van der Waals surface area contributed by atoms with E-state index >= 15 is 0 Å². The van der Waals surface area contributed by atoms with Crippen molar-refractivity contribution in [1.82, 2.24) is 5.32 Å². The van der Waals surface area contributed by atoms with Gasteiger partial charge in [0.2, 0.25) is 0 Å². The van der Waals surface area contributed by atoms with E-state index in [1.54, 1.807) is 6.92 Å². The zero-order valence-electron chi connectivity index (χ0n) is 19.1. The maximum atomic E-state index is 14.2. The molecule has 0 radical (unpaired) electrons. The van der Waals surface area contributed by atoms with Gasteiger partial charge in [-0.25, -0.2) is 0 Å². The standard InChI is InChI=1S/C24H21ClF6N2O3/c1-13-7-16(10-17(25)8-13)22(24(29,30)31)11-20(33-36-22)15-3-4-19(14(2)9-15)21(35)32-12-18(34)5-6-23(26,27)28/h3-4,7-10H,5-6,11-12H2,1-2H3,(H,32,35). The van der Waals surface area contributed by atoms with E-state index < -0.39 is 55.5 Å². The minimum atomic E-state index is -4.82. The highest BCUT2D eigenvalue weighted by Gasteiger charge is 2.62. The molecule has 1 atom stereocenters. The van der Waals surface area contributed by atoms with Crippen LogP contribution in [-0.2, 0) is 15.2 Å². The first-order chi connectivity index (χ1) is 16.6. The highest BCUT2D eigenvalue weighted by molar-refractivity contribution is 6.30. The van der Waals surface area contributed by atoms with Gasteiger partial charge in [0.25, 0.3) is 11.5 Å². The van der Waals surface area contributed by atoms with Gasteiger partial charge >= 0.3 is 12.4 Å². The first-order valence-electron chi connectivity index (χ1n) is 10.7. The van der Waals surface area contributed by atoms with Crippen molar-refractivity contribution < 1.29 is 40.8 Å². The summed E-state index contributed by atoms with van der Waals surface area (Å²) in [4.78, 5) is 29.0. The maximum Gasteiger partial charge on any atom is 0.435 e. The molecule has 2 aromatic carbocycles. The van der Waals surface area contributed by atoms with Crippen LogP contribution in [0.15, 0.2) is 41.6 Å². The number of ketones is 1. The average Bonchev–Trinajstić information content (AvgIpc) is 3.22. The molecule has 5 nitrogen and oxygen atoms in total. The van der Waals surface area contributed by atoms with Gasteiger partial charge in [0.05, 0.1) is 18.7 Å². The summed E-state index contributed by atoms with van der Waals surface area (Å²) in [6.45, 7) is 2.55. The van der Waals surface area contributed by atoms with Gasteiger partial charge in [-0.05, 0) is 54.8 Å². The van der Waals surface area contributed by atoms with Gasteiger partial charge < -0.3 is 10.2 Å². The van der Waals surface area contributed by atoms with Crippen molar-refractivity contribution in [3.05, 3.63) is 69.2 Å². The smallest absolute Gasteiger partial charge is 0.374 e. The molecule has 0 spiro atoms. The molecule has 0 saturated heterocycles. The van der Waals surface area contributed by atoms with Gasteiger partial charge in [-0.1, -0.05) is 28.9 Å². The third-order valence-electron chi connectivity index (χ3n) is 5.63. The highest BCUT2D eigenvalue weighted by atomic mass is 35.5. The first-order valence-corrected chi connectivity index (χ1v) is 11.1. The second kappa shape index (κ2) is 10.1. The summed E-state index contributed by atoms with van der Waals surface area (Å²) in [5.41, 5.74) is -1.66. The number of amides is 1. The van der Waals surface area contributed by atoms with Crippen LogP contribution in [0.2, 0.25) is 5.02 Å². The van der Waals surface area contributed by atoms with Crippen LogP contribution in [0.5, 0.6) is 0 Å². The van der Waals surface area contributed by atoms with Crippen molar-refractivity contribution in [2.75, 3.05) is 6.54 Å². The molecule has 0 fully saturated rings. The van der Waals surface area contributed by atoms with Crippen molar-refractivity contribution in [2.24, 2.45) is 5.16 Å². The lowest BCUT2D eigenvalue weighted by Gasteiger charge is -2.29. The zero-order valence-corrected chi connectivity index (χ0v) is 19.9. The number of aryl methyl sites for hydroxylation is 2. The number of carbonyl (C=O) groups excluding carboxylic acids is 2. The second-order valence-corrected chi connectivity index (χ2v) is 8.95. The molecule has 12 heteroatoms. The molecule has 0 aromatic heterocycles. The van der Waals surface area contributed by atoms with E-state index in [0.717, 1.165) is 0 Å². The molecule has 1 aliphatic heterocycles. The summed E-state index contributed by atoms with van der Waals surface area (Å²) in [6.07, 6.45) is -12.0. The Bertz CT molecular complexity index is 1190. The van der Waals surface area contributed by atoms with Crippen LogP contribution in [0.1, 0.15) is 51.9 Å². The number of hydrogen-bond donors (Lipinski definition) is 1. The first kappa shape index (κ1) is 27.5. The van der Waals surface area contributed by atoms with Gasteiger partial charge in [-0.15, -0.1) is 0 Å². The van der Waals surface area contributed by atoms with E-state index in [4.69, 9.17) is 16.4 Å². The Morgan fingerprint density at radius 3 is 2.36 bits per heavy atom. The Morgan fingerprint density at radius 1 is 1.08 bits per heavy atom. The number of hydrogen-bond acceptors (Lipinski definition) is 4. The number of alkyl halides is 6. The van der Waals surface area contributed by atoms with E-state index in [2.05, 4.69) is 10.5 Å². The third-order valence-corrected chi connectivity index (χ3v) is 5.85. The van der Waals surface area contributed by atoms with Crippen LogP contribution in [0.25, 0.3) is 0 Å². The van der Waals surface area contributed by atoms with Gasteiger partial charge in [0, 0.05) is 29.0 Å². The number of benzene rings is 2.